The highest BCUT2D eigenvalue weighted by Gasteiger charge is 2.30. The van der Waals surface area contributed by atoms with Gasteiger partial charge in [-0.2, -0.15) is 4.98 Å². The fourth-order valence-electron chi connectivity index (χ4n) is 3.39. The van der Waals surface area contributed by atoms with E-state index in [2.05, 4.69) is 20.0 Å². The van der Waals surface area contributed by atoms with Crippen LogP contribution in [-0.2, 0) is 6.54 Å². The number of hydrogen-bond donors (Lipinski definition) is 0. The molecule has 0 N–H and O–H groups in total. The number of benzene rings is 1. The third kappa shape index (κ3) is 3.83. The van der Waals surface area contributed by atoms with E-state index in [0.717, 1.165) is 42.9 Å². The van der Waals surface area contributed by atoms with Crippen molar-refractivity contribution in [3.63, 3.8) is 0 Å². The van der Waals surface area contributed by atoms with Gasteiger partial charge < -0.3 is 9.42 Å². The number of anilines is 1. The summed E-state index contributed by atoms with van der Waals surface area (Å²) in [7, 11) is 3.90. The van der Waals surface area contributed by atoms with E-state index in [4.69, 9.17) is 4.52 Å². The van der Waals surface area contributed by atoms with Crippen molar-refractivity contribution in [3.8, 4) is 11.4 Å². The SMILES string of the molecule is CN(C)c1ccc(-c2noc([C@@H]3CCCN3Cc3ccc(F)cc3)n2)cn1. The van der Waals surface area contributed by atoms with Gasteiger partial charge in [-0.15, -0.1) is 0 Å². The molecule has 3 heterocycles. The standard InChI is InChI=1S/C20H22FN5O/c1-25(2)18-10-7-15(12-22-18)19-23-20(27-24-19)17-4-3-11-26(17)13-14-5-8-16(21)9-6-14/h5-10,12,17H,3-4,11,13H2,1-2H3/t17-/m0/s1. The van der Waals surface area contributed by atoms with Gasteiger partial charge in [-0.25, -0.2) is 9.37 Å². The van der Waals surface area contributed by atoms with E-state index < -0.39 is 0 Å². The number of pyridine rings is 1. The summed E-state index contributed by atoms with van der Waals surface area (Å²) >= 11 is 0. The predicted molar refractivity (Wildman–Crippen MR) is 101 cm³/mol. The van der Waals surface area contributed by atoms with E-state index in [1.54, 1.807) is 6.20 Å². The molecular formula is C20H22FN5O. The fourth-order valence-corrected chi connectivity index (χ4v) is 3.39. The summed E-state index contributed by atoms with van der Waals surface area (Å²) in [4.78, 5) is 13.3. The minimum Gasteiger partial charge on any atom is -0.363 e. The molecule has 0 spiro atoms. The minimum absolute atomic E-state index is 0.0883. The Morgan fingerprint density at radius 1 is 1.19 bits per heavy atom. The van der Waals surface area contributed by atoms with Gasteiger partial charge in [0.2, 0.25) is 11.7 Å². The summed E-state index contributed by atoms with van der Waals surface area (Å²) < 4.78 is 18.7. The Labute approximate surface area is 157 Å². The Balaban J connectivity index is 1.50. The first-order valence-electron chi connectivity index (χ1n) is 9.06. The van der Waals surface area contributed by atoms with Gasteiger partial charge in [-0.3, -0.25) is 4.90 Å². The van der Waals surface area contributed by atoms with Crippen molar-refractivity contribution in [2.75, 3.05) is 25.5 Å². The molecule has 6 nitrogen and oxygen atoms in total. The molecule has 1 atom stereocenters. The zero-order chi connectivity index (χ0) is 18.8. The number of hydrogen-bond acceptors (Lipinski definition) is 6. The molecule has 4 rings (SSSR count). The molecule has 1 aliphatic rings. The second-order valence-corrected chi connectivity index (χ2v) is 7.01. The van der Waals surface area contributed by atoms with E-state index in [1.807, 2.05) is 43.3 Å². The van der Waals surface area contributed by atoms with E-state index in [9.17, 15) is 4.39 Å². The Bertz CT molecular complexity index is 891. The molecule has 0 radical (unpaired) electrons. The van der Waals surface area contributed by atoms with Gasteiger partial charge in [0.25, 0.3) is 0 Å². The first-order chi connectivity index (χ1) is 13.1. The molecule has 1 aliphatic heterocycles. The van der Waals surface area contributed by atoms with Crippen LogP contribution in [0, 0.1) is 5.82 Å². The van der Waals surface area contributed by atoms with Crippen molar-refractivity contribution in [2.45, 2.75) is 25.4 Å². The Kier molecular flexibility index (Phi) is 4.85. The fraction of sp³-hybridized carbons (Fsp3) is 0.350. The molecule has 140 valence electrons. The Hall–Kier alpha value is -2.80. The minimum atomic E-state index is -0.216. The lowest BCUT2D eigenvalue weighted by molar-refractivity contribution is 0.201. The van der Waals surface area contributed by atoms with Gasteiger partial charge in [0.15, 0.2) is 0 Å². The van der Waals surface area contributed by atoms with E-state index in [1.165, 1.54) is 12.1 Å². The molecule has 0 amide bonds. The first kappa shape index (κ1) is 17.6. The van der Waals surface area contributed by atoms with Crippen LogP contribution in [-0.4, -0.2) is 40.7 Å². The number of likely N-dealkylation sites (tertiary alicyclic amines) is 1. The predicted octanol–water partition coefficient (Wildman–Crippen LogP) is 3.67. The molecule has 0 unspecified atom stereocenters. The van der Waals surface area contributed by atoms with Crippen LogP contribution < -0.4 is 4.90 Å². The van der Waals surface area contributed by atoms with Crippen LogP contribution in [0.15, 0.2) is 47.1 Å². The zero-order valence-electron chi connectivity index (χ0n) is 15.5. The molecule has 3 aromatic rings. The van der Waals surface area contributed by atoms with E-state index in [0.29, 0.717) is 11.7 Å². The summed E-state index contributed by atoms with van der Waals surface area (Å²) in [6, 6.07) is 10.6. The van der Waals surface area contributed by atoms with Crippen molar-refractivity contribution in [1.82, 2.24) is 20.0 Å². The van der Waals surface area contributed by atoms with Crippen LogP contribution in [0.5, 0.6) is 0 Å². The maximum Gasteiger partial charge on any atom is 0.244 e. The number of rotatable bonds is 5. The zero-order valence-corrected chi connectivity index (χ0v) is 15.5. The highest BCUT2D eigenvalue weighted by Crippen LogP contribution is 2.33. The van der Waals surface area contributed by atoms with Crippen molar-refractivity contribution < 1.29 is 8.91 Å². The molecular weight excluding hydrogens is 345 g/mol. The van der Waals surface area contributed by atoms with Crippen molar-refractivity contribution in [1.29, 1.82) is 0 Å². The highest BCUT2D eigenvalue weighted by molar-refractivity contribution is 5.55. The lowest BCUT2D eigenvalue weighted by Crippen LogP contribution is -2.23. The molecule has 27 heavy (non-hydrogen) atoms. The van der Waals surface area contributed by atoms with Crippen LogP contribution >= 0.6 is 0 Å². The lowest BCUT2D eigenvalue weighted by Gasteiger charge is -2.21. The number of nitrogens with zero attached hydrogens (tertiary/aromatic N) is 5. The van der Waals surface area contributed by atoms with Crippen molar-refractivity contribution in [2.24, 2.45) is 0 Å². The quantitative estimate of drug-likeness (QED) is 0.686. The van der Waals surface area contributed by atoms with Gasteiger partial charge in [-0.05, 0) is 49.2 Å². The molecule has 1 saturated heterocycles. The van der Waals surface area contributed by atoms with E-state index >= 15 is 0 Å². The molecule has 1 fully saturated rings. The number of halogens is 1. The van der Waals surface area contributed by atoms with Gasteiger partial charge in [0.05, 0.1) is 6.04 Å². The summed E-state index contributed by atoms with van der Waals surface area (Å²) in [5.74, 6) is 1.84. The molecule has 0 aliphatic carbocycles. The third-order valence-electron chi connectivity index (χ3n) is 4.85. The van der Waals surface area contributed by atoms with Crippen LogP contribution in [0.25, 0.3) is 11.4 Å². The summed E-state index contributed by atoms with van der Waals surface area (Å²) in [5.41, 5.74) is 1.91. The third-order valence-corrected chi connectivity index (χ3v) is 4.85. The lowest BCUT2D eigenvalue weighted by atomic mass is 10.1. The van der Waals surface area contributed by atoms with Gasteiger partial charge in [0, 0.05) is 32.4 Å². The largest absolute Gasteiger partial charge is 0.363 e. The maximum atomic E-state index is 13.1. The Morgan fingerprint density at radius 3 is 2.70 bits per heavy atom. The summed E-state index contributed by atoms with van der Waals surface area (Å²) in [6.45, 7) is 1.70. The van der Waals surface area contributed by atoms with Crippen LogP contribution in [0.4, 0.5) is 10.2 Å². The second kappa shape index (κ2) is 7.44. The normalized spacial score (nSPS) is 17.4. The van der Waals surface area contributed by atoms with Crippen LogP contribution in [0.1, 0.15) is 30.3 Å². The van der Waals surface area contributed by atoms with Crippen molar-refractivity contribution >= 4 is 5.82 Å². The smallest absolute Gasteiger partial charge is 0.244 e. The molecule has 0 saturated carbocycles. The first-order valence-corrected chi connectivity index (χ1v) is 9.06. The molecule has 2 aromatic heterocycles. The highest BCUT2D eigenvalue weighted by atomic mass is 19.1. The summed E-state index contributed by atoms with van der Waals surface area (Å²) in [5, 5.41) is 4.14. The van der Waals surface area contributed by atoms with Crippen molar-refractivity contribution in [3.05, 3.63) is 59.9 Å². The maximum absolute atomic E-state index is 13.1. The number of aromatic nitrogens is 3. The second-order valence-electron chi connectivity index (χ2n) is 7.01. The summed E-state index contributed by atoms with van der Waals surface area (Å²) in [6.07, 6.45) is 3.80. The molecule has 7 heteroatoms. The Morgan fingerprint density at radius 2 is 2.00 bits per heavy atom. The van der Waals surface area contributed by atoms with Gasteiger partial charge in [-0.1, -0.05) is 17.3 Å². The van der Waals surface area contributed by atoms with E-state index in [-0.39, 0.29) is 11.9 Å². The van der Waals surface area contributed by atoms with Gasteiger partial charge >= 0.3 is 0 Å². The van der Waals surface area contributed by atoms with Gasteiger partial charge in [0.1, 0.15) is 11.6 Å². The monoisotopic (exact) mass is 367 g/mol. The van der Waals surface area contributed by atoms with Crippen LogP contribution in [0.2, 0.25) is 0 Å². The van der Waals surface area contributed by atoms with Crippen LogP contribution in [0.3, 0.4) is 0 Å². The molecule has 1 aromatic carbocycles. The average Bonchev–Trinajstić information content (AvgIpc) is 3.33. The average molecular weight is 367 g/mol. The topological polar surface area (TPSA) is 58.3 Å². The molecule has 0 bridgehead atoms.